The molecule has 0 aliphatic carbocycles. The number of hydrogen-bond donors (Lipinski definition) is 1. The van der Waals surface area contributed by atoms with Gasteiger partial charge in [0, 0.05) is 18.0 Å². The normalized spacial score (nSPS) is 17.8. The van der Waals surface area contributed by atoms with E-state index in [4.69, 9.17) is 11.6 Å². The Bertz CT molecular complexity index is 774. The number of nitrogens with zero attached hydrogens (tertiary/aromatic N) is 2. The molecule has 116 valence electrons. The quantitative estimate of drug-likeness (QED) is 0.670. The number of rotatable bonds is 2. The molecule has 4 heteroatoms. The third-order valence-electron chi connectivity index (χ3n) is 3.89. The van der Waals surface area contributed by atoms with Crippen molar-refractivity contribution in [3.63, 3.8) is 0 Å². The van der Waals surface area contributed by atoms with Crippen molar-refractivity contribution in [2.45, 2.75) is 26.1 Å². The number of hydrogen-bond acceptors (Lipinski definition) is 3. The summed E-state index contributed by atoms with van der Waals surface area (Å²) in [4.78, 5) is 6.24. The molecule has 3 nitrogen and oxygen atoms in total. The summed E-state index contributed by atoms with van der Waals surface area (Å²) in [5.41, 5.74) is 3.05. The number of allylic oxidation sites excluding steroid dienone is 1. The highest BCUT2D eigenvalue weighted by Crippen LogP contribution is 2.25. The summed E-state index contributed by atoms with van der Waals surface area (Å²) in [6.45, 7) is 4.33. The Kier molecular flexibility index (Phi) is 4.55. The van der Waals surface area contributed by atoms with E-state index in [2.05, 4.69) is 71.4 Å². The first kappa shape index (κ1) is 15.5. The molecule has 2 aromatic rings. The minimum atomic E-state index is 0.204. The first-order chi connectivity index (χ1) is 11.1. The van der Waals surface area contributed by atoms with Gasteiger partial charge in [0.05, 0.1) is 12.2 Å². The smallest absolute Gasteiger partial charge is 0.130 e. The molecule has 1 aliphatic heterocycles. The van der Waals surface area contributed by atoms with Crippen LogP contribution in [-0.4, -0.2) is 16.0 Å². The Morgan fingerprint density at radius 1 is 1.22 bits per heavy atom. The monoisotopic (exact) mass is 323 g/mol. The largest absolute Gasteiger partial charge is 0.357 e. The molecule has 0 bridgehead atoms. The lowest BCUT2D eigenvalue weighted by molar-refractivity contribution is 0.235. The third-order valence-corrected chi connectivity index (χ3v) is 4.09. The fourth-order valence-corrected chi connectivity index (χ4v) is 2.81. The van der Waals surface area contributed by atoms with E-state index in [1.54, 1.807) is 12.3 Å². The minimum Gasteiger partial charge on any atom is -0.357 e. The minimum absolute atomic E-state index is 0.204. The molecule has 0 fully saturated rings. The maximum atomic E-state index is 5.88. The Balaban J connectivity index is 1.78. The van der Waals surface area contributed by atoms with Gasteiger partial charge in [0.2, 0.25) is 0 Å². The predicted octanol–water partition coefficient (Wildman–Crippen LogP) is 3.94. The molecule has 0 amide bonds. The van der Waals surface area contributed by atoms with Crippen LogP contribution in [0.1, 0.15) is 31.0 Å². The highest BCUT2D eigenvalue weighted by Gasteiger charge is 2.23. The lowest BCUT2D eigenvalue weighted by atomic mass is 10.1. The maximum Gasteiger partial charge on any atom is 0.130 e. The number of aromatic nitrogens is 1. The SMILES string of the molecule is CC1NC(C#Cc2ccnc(Cl)c2)=CN1C(C)c1ccccc1. The van der Waals surface area contributed by atoms with Gasteiger partial charge in [-0.3, -0.25) is 0 Å². The lowest BCUT2D eigenvalue weighted by Crippen LogP contribution is -2.34. The number of nitrogens with one attached hydrogen (secondary N) is 1. The molecule has 1 aromatic carbocycles. The Morgan fingerprint density at radius 2 is 2.00 bits per heavy atom. The van der Waals surface area contributed by atoms with Crippen LogP contribution in [0.4, 0.5) is 0 Å². The van der Waals surface area contributed by atoms with E-state index in [1.165, 1.54) is 5.56 Å². The third kappa shape index (κ3) is 3.67. The van der Waals surface area contributed by atoms with Crippen LogP contribution in [0.5, 0.6) is 0 Å². The average molecular weight is 324 g/mol. The summed E-state index contributed by atoms with van der Waals surface area (Å²) < 4.78 is 0. The van der Waals surface area contributed by atoms with Crippen LogP contribution in [-0.2, 0) is 0 Å². The van der Waals surface area contributed by atoms with E-state index < -0.39 is 0 Å². The Labute approximate surface area is 142 Å². The molecular weight excluding hydrogens is 306 g/mol. The standard InChI is InChI=1S/C19H18ClN3/c1-14(17-6-4-3-5-7-17)23-13-18(22-15(23)2)9-8-16-10-11-21-19(20)12-16/h3-7,10-15,22H,1-2H3. The van der Waals surface area contributed by atoms with Gasteiger partial charge in [0.1, 0.15) is 10.9 Å². The van der Waals surface area contributed by atoms with Crippen molar-refractivity contribution in [3.8, 4) is 11.8 Å². The van der Waals surface area contributed by atoms with Gasteiger partial charge in [-0.25, -0.2) is 4.98 Å². The van der Waals surface area contributed by atoms with E-state index in [1.807, 2.05) is 12.1 Å². The van der Waals surface area contributed by atoms with Crippen molar-refractivity contribution in [2.75, 3.05) is 0 Å². The van der Waals surface area contributed by atoms with Gasteiger partial charge in [-0.05, 0) is 37.5 Å². The zero-order valence-corrected chi connectivity index (χ0v) is 13.9. The molecule has 1 aromatic heterocycles. The van der Waals surface area contributed by atoms with Crippen molar-refractivity contribution in [1.29, 1.82) is 0 Å². The first-order valence-electron chi connectivity index (χ1n) is 7.58. The summed E-state index contributed by atoms with van der Waals surface area (Å²) >= 11 is 5.88. The molecule has 2 unspecified atom stereocenters. The summed E-state index contributed by atoms with van der Waals surface area (Å²) in [7, 11) is 0. The van der Waals surface area contributed by atoms with Gasteiger partial charge in [-0.1, -0.05) is 47.9 Å². The van der Waals surface area contributed by atoms with Crippen LogP contribution in [0.15, 0.2) is 60.6 Å². The van der Waals surface area contributed by atoms with E-state index in [0.29, 0.717) is 5.15 Å². The molecule has 3 rings (SSSR count). The first-order valence-corrected chi connectivity index (χ1v) is 7.95. The van der Waals surface area contributed by atoms with E-state index in [-0.39, 0.29) is 12.2 Å². The van der Waals surface area contributed by atoms with Crippen LogP contribution in [0.2, 0.25) is 5.15 Å². The summed E-state index contributed by atoms with van der Waals surface area (Å²) in [5, 5.41) is 3.86. The van der Waals surface area contributed by atoms with Crippen LogP contribution in [0, 0.1) is 11.8 Å². The summed E-state index contributed by atoms with van der Waals surface area (Å²) in [6.07, 6.45) is 3.95. The van der Waals surface area contributed by atoms with Gasteiger partial charge in [-0.2, -0.15) is 0 Å². The topological polar surface area (TPSA) is 28.2 Å². The van der Waals surface area contributed by atoms with Crippen molar-refractivity contribution < 1.29 is 0 Å². The van der Waals surface area contributed by atoms with Gasteiger partial charge in [0.15, 0.2) is 0 Å². The van der Waals surface area contributed by atoms with E-state index in [9.17, 15) is 0 Å². The molecule has 2 heterocycles. The van der Waals surface area contributed by atoms with E-state index >= 15 is 0 Å². The maximum absolute atomic E-state index is 5.88. The molecule has 0 saturated heterocycles. The lowest BCUT2D eigenvalue weighted by Gasteiger charge is -2.29. The number of pyridine rings is 1. The fourth-order valence-electron chi connectivity index (χ4n) is 2.64. The predicted molar refractivity (Wildman–Crippen MR) is 93.5 cm³/mol. The second-order valence-electron chi connectivity index (χ2n) is 5.51. The van der Waals surface area contributed by atoms with Crippen LogP contribution < -0.4 is 5.32 Å². The molecule has 2 atom stereocenters. The fraction of sp³-hybridized carbons (Fsp3) is 0.211. The van der Waals surface area contributed by atoms with Crippen molar-refractivity contribution in [1.82, 2.24) is 15.2 Å². The highest BCUT2D eigenvalue weighted by atomic mass is 35.5. The number of halogens is 1. The number of benzene rings is 1. The van der Waals surface area contributed by atoms with Crippen LogP contribution in [0.25, 0.3) is 0 Å². The van der Waals surface area contributed by atoms with E-state index in [0.717, 1.165) is 11.3 Å². The highest BCUT2D eigenvalue weighted by molar-refractivity contribution is 6.29. The average Bonchev–Trinajstić information content (AvgIpc) is 2.94. The zero-order valence-electron chi connectivity index (χ0n) is 13.1. The molecule has 0 radical (unpaired) electrons. The molecular formula is C19H18ClN3. The van der Waals surface area contributed by atoms with Crippen molar-refractivity contribution in [3.05, 3.63) is 76.8 Å². The molecule has 0 spiro atoms. The van der Waals surface area contributed by atoms with Gasteiger partial charge < -0.3 is 10.2 Å². The zero-order chi connectivity index (χ0) is 16.2. The van der Waals surface area contributed by atoms with Gasteiger partial charge >= 0.3 is 0 Å². The molecule has 1 N–H and O–H groups in total. The van der Waals surface area contributed by atoms with Crippen molar-refractivity contribution >= 4 is 11.6 Å². The summed E-state index contributed by atoms with van der Waals surface area (Å²) in [6, 6.07) is 14.4. The summed E-state index contributed by atoms with van der Waals surface area (Å²) in [5.74, 6) is 6.28. The molecule has 23 heavy (non-hydrogen) atoms. The molecule has 1 aliphatic rings. The van der Waals surface area contributed by atoms with Gasteiger partial charge in [-0.15, -0.1) is 0 Å². The second-order valence-corrected chi connectivity index (χ2v) is 5.90. The van der Waals surface area contributed by atoms with Crippen LogP contribution in [0.3, 0.4) is 0 Å². The van der Waals surface area contributed by atoms with Gasteiger partial charge in [0.25, 0.3) is 0 Å². The van der Waals surface area contributed by atoms with Crippen LogP contribution >= 0.6 is 11.6 Å². The molecule has 0 saturated carbocycles. The Morgan fingerprint density at radius 3 is 2.74 bits per heavy atom. The van der Waals surface area contributed by atoms with Crippen molar-refractivity contribution in [2.24, 2.45) is 0 Å². The Hall–Kier alpha value is -2.44. The second kappa shape index (κ2) is 6.76.